The molecular formula is C19H27N3O3. The predicted molar refractivity (Wildman–Crippen MR) is 96.9 cm³/mol. The Bertz CT molecular complexity index is 639. The van der Waals surface area contributed by atoms with E-state index in [2.05, 4.69) is 19.2 Å². The molecule has 2 saturated heterocycles. The highest BCUT2D eigenvalue weighted by molar-refractivity contribution is 5.97. The van der Waals surface area contributed by atoms with Gasteiger partial charge in [-0.15, -0.1) is 0 Å². The molecule has 6 heteroatoms. The van der Waals surface area contributed by atoms with Crippen LogP contribution in [0.2, 0.25) is 0 Å². The fourth-order valence-electron chi connectivity index (χ4n) is 3.90. The number of likely N-dealkylation sites (tertiary alicyclic amines) is 1. The first-order chi connectivity index (χ1) is 12.0. The van der Waals surface area contributed by atoms with Crippen molar-refractivity contribution < 1.29 is 14.3 Å². The van der Waals surface area contributed by atoms with Gasteiger partial charge in [0.25, 0.3) is 0 Å². The van der Waals surface area contributed by atoms with Gasteiger partial charge in [0.15, 0.2) is 0 Å². The second-order valence-electron chi connectivity index (χ2n) is 7.09. The number of carbonyl (C=O) groups is 2. The van der Waals surface area contributed by atoms with Crippen molar-refractivity contribution in [3.8, 4) is 5.75 Å². The zero-order valence-electron chi connectivity index (χ0n) is 15.2. The lowest BCUT2D eigenvalue weighted by molar-refractivity contribution is -0.117. The number of amides is 3. The van der Waals surface area contributed by atoms with Crippen LogP contribution in [-0.4, -0.2) is 48.6 Å². The maximum atomic E-state index is 12.7. The minimum Gasteiger partial charge on any atom is -0.497 e. The molecular weight excluding hydrogens is 318 g/mol. The van der Waals surface area contributed by atoms with Gasteiger partial charge in [-0.1, -0.05) is 6.07 Å². The van der Waals surface area contributed by atoms with E-state index in [9.17, 15) is 9.59 Å². The number of ether oxygens (including phenoxy) is 1. The zero-order chi connectivity index (χ0) is 18.0. The summed E-state index contributed by atoms with van der Waals surface area (Å²) in [5.74, 6) is 0.743. The van der Waals surface area contributed by atoms with E-state index in [1.54, 1.807) is 12.0 Å². The molecule has 3 atom stereocenters. The normalized spacial score (nSPS) is 26.7. The van der Waals surface area contributed by atoms with Gasteiger partial charge in [0, 0.05) is 36.8 Å². The molecule has 3 rings (SSSR count). The van der Waals surface area contributed by atoms with Crippen LogP contribution in [0, 0.1) is 0 Å². The number of hydrogen-bond acceptors (Lipinski definition) is 3. The summed E-state index contributed by atoms with van der Waals surface area (Å²) in [6, 6.07) is 7.73. The lowest BCUT2D eigenvalue weighted by Gasteiger charge is -2.39. The van der Waals surface area contributed by atoms with Gasteiger partial charge in [-0.25, -0.2) is 4.79 Å². The van der Waals surface area contributed by atoms with Crippen LogP contribution in [0.4, 0.5) is 10.5 Å². The number of nitrogens with zero attached hydrogens (tertiary/aromatic N) is 2. The molecule has 0 saturated carbocycles. The van der Waals surface area contributed by atoms with E-state index >= 15 is 0 Å². The van der Waals surface area contributed by atoms with Crippen molar-refractivity contribution in [3.63, 3.8) is 0 Å². The summed E-state index contributed by atoms with van der Waals surface area (Å²) >= 11 is 0. The van der Waals surface area contributed by atoms with E-state index in [4.69, 9.17) is 4.74 Å². The Balaban J connectivity index is 1.65. The fourth-order valence-corrected chi connectivity index (χ4v) is 3.90. The standard InChI is InChI=1S/C19H27N3O3/c1-13-6-4-7-14(2)22(13)19(24)20-15-10-18(23)21(12-15)16-8-5-9-17(11-16)25-3/h5,8-9,11,13-15H,4,6-7,10,12H2,1-3H3,(H,20,24)/t13-,14-,15-/m1/s1. The maximum Gasteiger partial charge on any atom is 0.318 e. The molecule has 2 fully saturated rings. The van der Waals surface area contributed by atoms with Gasteiger partial charge in [0.1, 0.15) is 5.75 Å². The van der Waals surface area contributed by atoms with Gasteiger partial charge in [-0.2, -0.15) is 0 Å². The molecule has 0 unspecified atom stereocenters. The first-order valence-electron chi connectivity index (χ1n) is 9.03. The number of benzene rings is 1. The molecule has 25 heavy (non-hydrogen) atoms. The SMILES string of the molecule is COc1cccc(N2C[C@H](NC(=O)N3[C@H](C)CCC[C@H]3C)CC2=O)c1. The Hall–Kier alpha value is -2.24. The number of piperidine rings is 1. The smallest absolute Gasteiger partial charge is 0.318 e. The summed E-state index contributed by atoms with van der Waals surface area (Å²) in [4.78, 5) is 28.7. The van der Waals surface area contributed by atoms with Crippen molar-refractivity contribution in [2.75, 3.05) is 18.6 Å². The van der Waals surface area contributed by atoms with Crippen LogP contribution < -0.4 is 15.0 Å². The molecule has 0 aromatic heterocycles. The van der Waals surface area contributed by atoms with Crippen molar-refractivity contribution in [1.29, 1.82) is 0 Å². The Morgan fingerprint density at radius 1 is 1.24 bits per heavy atom. The predicted octanol–water partition coefficient (Wildman–Crippen LogP) is 2.77. The summed E-state index contributed by atoms with van der Waals surface area (Å²) in [7, 11) is 1.61. The molecule has 1 N–H and O–H groups in total. The van der Waals surface area contributed by atoms with Crippen LogP contribution in [0.15, 0.2) is 24.3 Å². The third-order valence-electron chi connectivity index (χ3n) is 5.25. The highest BCUT2D eigenvalue weighted by atomic mass is 16.5. The van der Waals surface area contributed by atoms with E-state index in [0.717, 1.165) is 24.9 Å². The van der Waals surface area contributed by atoms with E-state index in [0.29, 0.717) is 18.7 Å². The van der Waals surface area contributed by atoms with Crippen LogP contribution in [0.5, 0.6) is 5.75 Å². The zero-order valence-corrected chi connectivity index (χ0v) is 15.2. The Morgan fingerprint density at radius 3 is 2.64 bits per heavy atom. The van der Waals surface area contributed by atoms with Crippen molar-refractivity contribution >= 4 is 17.6 Å². The van der Waals surface area contributed by atoms with E-state index in [1.807, 2.05) is 29.2 Å². The van der Waals surface area contributed by atoms with Gasteiger partial charge in [0.05, 0.1) is 13.2 Å². The lowest BCUT2D eigenvalue weighted by Crippen LogP contribution is -2.54. The monoisotopic (exact) mass is 345 g/mol. The van der Waals surface area contributed by atoms with Crippen LogP contribution in [0.3, 0.4) is 0 Å². The number of methoxy groups -OCH3 is 1. The Morgan fingerprint density at radius 2 is 1.96 bits per heavy atom. The molecule has 3 amide bonds. The average molecular weight is 345 g/mol. The fraction of sp³-hybridized carbons (Fsp3) is 0.579. The molecule has 136 valence electrons. The van der Waals surface area contributed by atoms with E-state index in [-0.39, 0.29) is 30.1 Å². The number of carbonyl (C=O) groups excluding carboxylic acids is 2. The molecule has 0 radical (unpaired) electrons. The summed E-state index contributed by atoms with van der Waals surface area (Å²) in [6.45, 7) is 4.68. The quantitative estimate of drug-likeness (QED) is 0.916. The molecule has 2 aliphatic rings. The molecule has 2 aliphatic heterocycles. The summed E-state index contributed by atoms with van der Waals surface area (Å²) in [5.41, 5.74) is 0.806. The van der Waals surface area contributed by atoms with Gasteiger partial charge < -0.3 is 19.9 Å². The molecule has 0 aliphatic carbocycles. The topological polar surface area (TPSA) is 61.9 Å². The minimum atomic E-state index is -0.160. The summed E-state index contributed by atoms with van der Waals surface area (Å²) < 4.78 is 5.23. The third-order valence-corrected chi connectivity index (χ3v) is 5.25. The molecule has 6 nitrogen and oxygen atoms in total. The van der Waals surface area contributed by atoms with E-state index < -0.39 is 0 Å². The van der Waals surface area contributed by atoms with Gasteiger partial charge in [0.2, 0.25) is 5.91 Å². The van der Waals surface area contributed by atoms with Crippen LogP contribution in [0.1, 0.15) is 39.5 Å². The molecule has 2 heterocycles. The van der Waals surface area contributed by atoms with Crippen LogP contribution in [-0.2, 0) is 4.79 Å². The van der Waals surface area contributed by atoms with Gasteiger partial charge >= 0.3 is 6.03 Å². The number of anilines is 1. The van der Waals surface area contributed by atoms with E-state index in [1.165, 1.54) is 0 Å². The van der Waals surface area contributed by atoms with Crippen LogP contribution >= 0.6 is 0 Å². The maximum absolute atomic E-state index is 12.7. The van der Waals surface area contributed by atoms with Gasteiger partial charge in [-0.05, 0) is 45.2 Å². The summed E-state index contributed by atoms with van der Waals surface area (Å²) in [5, 5.41) is 3.06. The summed E-state index contributed by atoms with van der Waals surface area (Å²) in [6.07, 6.45) is 3.58. The van der Waals surface area contributed by atoms with Crippen molar-refractivity contribution in [1.82, 2.24) is 10.2 Å². The number of nitrogens with one attached hydrogen (secondary N) is 1. The first kappa shape index (κ1) is 17.6. The van der Waals surface area contributed by atoms with Crippen molar-refractivity contribution in [2.45, 2.75) is 57.7 Å². The molecule has 0 spiro atoms. The lowest BCUT2D eigenvalue weighted by atomic mass is 9.98. The first-order valence-corrected chi connectivity index (χ1v) is 9.03. The van der Waals surface area contributed by atoms with Gasteiger partial charge in [-0.3, -0.25) is 4.79 Å². The van der Waals surface area contributed by atoms with Crippen molar-refractivity contribution in [3.05, 3.63) is 24.3 Å². The minimum absolute atomic E-state index is 0.0262. The molecule has 1 aromatic rings. The number of urea groups is 1. The molecule has 1 aromatic carbocycles. The number of hydrogen-bond donors (Lipinski definition) is 1. The third kappa shape index (κ3) is 3.72. The molecule has 0 bridgehead atoms. The number of rotatable bonds is 3. The largest absolute Gasteiger partial charge is 0.497 e. The Labute approximate surface area is 149 Å². The van der Waals surface area contributed by atoms with Crippen molar-refractivity contribution in [2.24, 2.45) is 0 Å². The highest BCUT2D eigenvalue weighted by Crippen LogP contribution is 2.26. The second kappa shape index (κ2) is 7.33. The Kier molecular flexibility index (Phi) is 5.16. The highest BCUT2D eigenvalue weighted by Gasteiger charge is 2.35. The van der Waals surface area contributed by atoms with Crippen LogP contribution in [0.25, 0.3) is 0 Å². The second-order valence-corrected chi connectivity index (χ2v) is 7.09. The average Bonchev–Trinajstić information content (AvgIpc) is 2.95.